The lowest BCUT2D eigenvalue weighted by Crippen LogP contribution is -2.28. The van der Waals surface area contributed by atoms with E-state index in [0.717, 1.165) is 24.2 Å². The maximum atomic E-state index is 12.1. The van der Waals surface area contributed by atoms with Crippen molar-refractivity contribution in [3.63, 3.8) is 0 Å². The fourth-order valence-electron chi connectivity index (χ4n) is 3.09. The molecule has 1 aromatic carbocycles. The van der Waals surface area contributed by atoms with Crippen LogP contribution in [0.2, 0.25) is 0 Å². The third-order valence-corrected chi connectivity index (χ3v) is 4.25. The molecular weight excluding hydrogens is 264 g/mol. The van der Waals surface area contributed by atoms with Crippen LogP contribution in [0.3, 0.4) is 0 Å². The van der Waals surface area contributed by atoms with Crippen molar-refractivity contribution in [2.45, 2.75) is 44.6 Å². The SMILES string of the molecule is O=C1Nc2ccc(O)cc2/C1=C/C1CCCCCCCN1. The Balaban J connectivity index is 1.84. The molecule has 0 saturated carbocycles. The van der Waals surface area contributed by atoms with E-state index in [4.69, 9.17) is 0 Å². The molecule has 3 N–H and O–H groups in total. The van der Waals surface area contributed by atoms with Crippen LogP contribution in [0.1, 0.15) is 44.1 Å². The minimum atomic E-state index is -0.0720. The minimum Gasteiger partial charge on any atom is -0.508 e. The molecule has 1 unspecified atom stereocenters. The number of hydrogen-bond donors (Lipinski definition) is 3. The van der Waals surface area contributed by atoms with Gasteiger partial charge in [0.05, 0.1) is 0 Å². The quantitative estimate of drug-likeness (QED) is 0.549. The summed E-state index contributed by atoms with van der Waals surface area (Å²) >= 11 is 0. The van der Waals surface area contributed by atoms with Gasteiger partial charge in [-0.25, -0.2) is 0 Å². The first-order valence-electron chi connectivity index (χ1n) is 7.84. The number of fused-ring (bicyclic) bond motifs is 1. The van der Waals surface area contributed by atoms with Gasteiger partial charge in [0.15, 0.2) is 0 Å². The zero-order valence-corrected chi connectivity index (χ0v) is 12.2. The number of hydrogen-bond acceptors (Lipinski definition) is 3. The van der Waals surface area contributed by atoms with E-state index in [1.165, 1.54) is 32.1 Å². The molecule has 1 amide bonds. The van der Waals surface area contributed by atoms with Crippen LogP contribution in [0.4, 0.5) is 5.69 Å². The van der Waals surface area contributed by atoms with Crippen LogP contribution in [0.5, 0.6) is 5.75 Å². The van der Waals surface area contributed by atoms with Crippen LogP contribution >= 0.6 is 0 Å². The highest BCUT2D eigenvalue weighted by atomic mass is 16.3. The van der Waals surface area contributed by atoms with Crippen molar-refractivity contribution in [1.82, 2.24) is 5.32 Å². The molecule has 2 aliphatic heterocycles. The number of amides is 1. The fourth-order valence-corrected chi connectivity index (χ4v) is 3.09. The summed E-state index contributed by atoms with van der Waals surface area (Å²) in [6, 6.07) is 5.24. The van der Waals surface area contributed by atoms with E-state index < -0.39 is 0 Å². The zero-order valence-electron chi connectivity index (χ0n) is 12.2. The molecule has 2 aliphatic rings. The van der Waals surface area contributed by atoms with Gasteiger partial charge in [0, 0.05) is 22.9 Å². The first-order chi connectivity index (χ1) is 10.2. The maximum Gasteiger partial charge on any atom is 0.256 e. The average molecular weight is 286 g/mol. The first-order valence-corrected chi connectivity index (χ1v) is 7.84. The molecule has 0 spiro atoms. The Morgan fingerprint density at radius 1 is 1.14 bits per heavy atom. The van der Waals surface area contributed by atoms with Crippen LogP contribution in [0.25, 0.3) is 5.57 Å². The standard InChI is InChI=1S/C17H22N2O2/c20-13-7-8-16-14(11-13)15(17(21)19-16)10-12-6-4-2-1-3-5-9-18-12/h7-8,10-12,18,20H,1-6,9H2,(H,19,21)/b15-10-. The molecular formula is C17H22N2O2. The largest absolute Gasteiger partial charge is 0.508 e. The van der Waals surface area contributed by atoms with Crippen LogP contribution < -0.4 is 10.6 Å². The zero-order chi connectivity index (χ0) is 14.7. The van der Waals surface area contributed by atoms with Crippen LogP contribution in [0.15, 0.2) is 24.3 Å². The summed E-state index contributed by atoms with van der Waals surface area (Å²) in [6.45, 7) is 1.00. The van der Waals surface area contributed by atoms with Gasteiger partial charge in [-0.3, -0.25) is 4.79 Å². The van der Waals surface area contributed by atoms with Crippen molar-refractivity contribution in [2.75, 3.05) is 11.9 Å². The molecule has 0 aliphatic carbocycles. The second kappa shape index (κ2) is 6.31. The summed E-state index contributed by atoms with van der Waals surface area (Å²) in [4.78, 5) is 12.1. The van der Waals surface area contributed by atoms with Crippen molar-refractivity contribution < 1.29 is 9.90 Å². The highest BCUT2D eigenvalue weighted by Crippen LogP contribution is 2.34. The van der Waals surface area contributed by atoms with Gasteiger partial charge in [-0.2, -0.15) is 0 Å². The van der Waals surface area contributed by atoms with E-state index in [0.29, 0.717) is 5.57 Å². The van der Waals surface area contributed by atoms with Crippen molar-refractivity contribution in [1.29, 1.82) is 0 Å². The summed E-state index contributed by atoms with van der Waals surface area (Å²) < 4.78 is 0. The highest BCUT2D eigenvalue weighted by Gasteiger charge is 2.25. The summed E-state index contributed by atoms with van der Waals surface area (Å²) in [7, 11) is 0. The van der Waals surface area contributed by atoms with Gasteiger partial charge in [-0.05, 0) is 37.6 Å². The number of rotatable bonds is 1. The van der Waals surface area contributed by atoms with Gasteiger partial charge in [0.1, 0.15) is 5.75 Å². The summed E-state index contributed by atoms with van der Waals surface area (Å²) in [5.74, 6) is 0.121. The van der Waals surface area contributed by atoms with Crippen LogP contribution in [-0.4, -0.2) is 23.6 Å². The van der Waals surface area contributed by atoms with Crippen LogP contribution in [-0.2, 0) is 4.79 Å². The second-order valence-electron chi connectivity index (χ2n) is 5.88. The summed E-state index contributed by atoms with van der Waals surface area (Å²) in [6.07, 6.45) is 9.34. The number of aromatic hydroxyl groups is 1. The lowest BCUT2D eigenvalue weighted by Gasteiger charge is -2.14. The van der Waals surface area contributed by atoms with Gasteiger partial charge < -0.3 is 15.7 Å². The molecule has 4 nitrogen and oxygen atoms in total. The molecule has 1 saturated heterocycles. The third-order valence-electron chi connectivity index (χ3n) is 4.25. The van der Waals surface area contributed by atoms with E-state index in [9.17, 15) is 9.90 Å². The number of phenolic OH excluding ortho intramolecular Hbond substituents is 1. The second-order valence-corrected chi connectivity index (χ2v) is 5.88. The average Bonchev–Trinajstić information content (AvgIpc) is 2.83. The lowest BCUT2D eigenvalue weighted by atomic mass is 10.0. The number of anilines is 1. The molecule has 0 radical (unpaired) electrons. The predicted molar refractivity (Wildman–Crippen MR) is 84.2 cm³/mol. The first kappa shape index (κ1) is 14.1. The van der Waals surface area contributed by atoms with Crippen molar-refractivity contribution in [2.24, 2.45) is 0 Å². The highest BCUT2D eigenvalue weighted by molar-refractivity contribution is 6.31. The maximum absolute atomic E-state index is 12.1. The van der Waals surface area contributed by atoms with Gasteiger partial charge in [-0.15, -0.1) is 0 Å². The molecule has 2 heterocycles. The van der Waals surface area contributed by atoms with Crippen molar-refractivity contribution >= 4 is 17.2 Å². The van der Waals surface area contributed by atoms with Crippen molar-refractivity contribution in [3.05, 3.63) is 29.8 Å². The molecule has 3 rings (SSSR count). The Hall–Kier alpha value is -1.81. The normalized spacial score (nSPS) is 24.9. The molecule has 1 aromatic rings. The number of nitrogens with one attached hydrogen (secondary N) is 2. The topological polar surface area (TPSA) is 61.4 Å². The Bertz CT molecular complexity index is 556. The Labute approximate surface area is 125 Å². The molecule has 1 atom stereocenters. The van der Waals surface area contributed by atoms with Gasteiger partial charge in [-0.1, -0.05) is 31.8 Å². The monoisotopic (exact) mass is 286 g/mol. The van der Waals surface area contributed by atoms with Crippen molar-refractivity contribution in [3.8, 4) is 5.75 Å². The Morgan fingerprint density at radius 3 is 2.86 bits per heavy atom. The van der Waals surface area contributed by atoms with Gasteiger partial charge >= 0.3 is 0 Å². The predicted octanol–water partition coefficient (Wildman–Crippen LogP) is 3.04. The van der Waals surface area contributed by atoms with Gasteiger partial charge in [0.25, 0.3) is 5.91 Å². The smallest absolute Gasteiger partial charge is 0.256 e. The number of carbonyl (C=O) groups is 1. The number of carbonyl (C=O) groups excluding carboxylic acids is 1. The minimum absolute atomic E-state index is 0.0720. The number of benzene rings is 1. The lowest BCUT2D eigenvalue weighted by molar-refractivity contribution is -0.110. The molecule has 21 heavy (non-hydrogen) atoms. The summed E-state index contributed by atoms with van der Waals surface area (Å²) in [5, 5.41) is 16.0. The fraction of sp³-hybridized carbons (Fsp3) is 0.471. The number of phenols is 1. The Kier molecular flexibility index (Phi) is 4.25. The molecule has 0 aromatic heterocycles. The molecule has 1 fully saturated rings. The molecule has 4 heteroatoms. The van der Waals surface area contributed by atoms with Gasteiger partial charge in [0.2, 0.25) is 0 Å². The van der Waals surface area contributed by atoms with Crippen LogP contribution in [0, 0.1) is 0 Å². The third kappa shape index (κ3) is 3.27. The van der Waals surface area contributed by atoms with E-state index in [2.05, 4.69) is 10.6 Å². The molecule has 112 valence electrons. The van der Waals surface area contributed by atoms with E-state index in [1.807, 2.05) is 6.08 Å². The van der Waals surface area contributed by atoms with E-state index in [-0.39, 0.29) is 17.7 Å². The van der Waals surface area contributed by atoms with E-state index in [1.54, 1.807) is 18.2 Å². The Morgan fingerprint density at radius 2 is 1.95 bits per heavy atom. The summed E-state index contributed by atoms with van der Waals surface area (Å²) in [5.41, 5.74) is 2.27. The molecule has 0 bridgehead atoms. The van der Waals surface area contributed by atoms with E-state index >= 15 is 0 Å².